The fourth-order valence-electron chi connectivity index (χ4n) is 3.38. The van der Waals surface area contributed by atoms with Crippen molar-refractivity contribution in [3.63, 3.8) is 0 Å². The van der Waals surface area contributed by atoms with Gasteiger partial charge in [-0.15, -0.1) is 5.92 Å². The summed E-state index contributed by atoms with van der Waals surface area (Å²) in [6.07, 6.45) is 0. The SMILES string of the molecule is CC#CCn1c(N2CCNCC2)nc2nc(Oc3ccccc3C#N)n(C)c(=O)c21. The number of benzene rings is 1. The van der Waals surface area contributed by atoms with Crippen LogP contribution >= 0.6 is 0 Å². The van der Waals surface area contributed by atoms with Crippen molar-refractivity contribution in [2.24, 2.45) is 7.05 Å². The number of anilines is 1. The highest BCUT2D eigenvalue weighted by Crippen LogP contribution is 2.25. The lowest BCUT2D eigenvalue weighted by atomic mass is 10.2. The minimum absolute atomic E-state index is 0.0771. The number of nitrogens with zero attached hydrogens (tertiary/aromatic N) is 6. The van der Waals surface area contributed by atoms with Crippen LogP contribution in [0.2, 0.25) is 0 Å². The van der Waals surface area contributed by atoms with E-state index in [-0.39, 0.29) is 11.6 Å². The number of hydrogen-bond donors (Lipinski definition) is 1. The van der Waals surface area contributed by atoms with Gasteiger partial charge in [0.1, 0.15) is 11.8 Å². The molecule has 0 atom stereocenters. The van der Waals surface area contributed by atoms with Gasteiger partial charge in [0.05, 0.1) is 12.1 Å². The van der Waals surface area contributed by atoms with Crippen molar-refractivity contribution in [2.45, 2.75) is 13.5 Å². The highest BCUT2D eigenvalue weighted by molar-refractivity contribution is 5.75. The molecular formula is C21H21N7O2. The summed E-state index contributed by atoms with van der Waals surface area (Å²) in [5.74, 6) is 6.91. The Balaban J connectivity index is 1.85. The molecule has 0 spiro atoms. The molecular weight excluding hydrogens is 382 g/mol. The van der Waals surface area contributed by atoms with Gasteiger partial charge in [-0.05, 0) is 19.1 Å². The molecule has 0 amide bonds. The van der Waals surface area contributed by atoms with E-state index in [1.807, 2.05) is 4.57 Å². The monoisotopic (exact) mass is 403 g/mol. The molecule has 0 unspecified atom stereocenters. The number of rotatable bonds is 4. The van der Waals surface area contributed by atoms with E-state index in [0.717, 1.165) is 26.2 Å². The van der Waals surface area contributed by atoms with Crippen LogP contribution in [0.4, 0.5) is 5.95 Å². The lowest BCUT2D eigenvalue weighted by Gasteiger charge is -2.28. The van der Waals surface area contributed by atoms with Gasteiger partial charge in [-0.25, -0.2) is 0 Å². The molecule has 152 valence electrons. The molecule has 0 bridgehead atoms. The zero-order chi connectivity index (χ0) is 21.1. The molecule has 1 fully saturated rings. The second-order valence-corrected chi connectivity index (χ2v) is 6.80. The molecule has 3 heterocycles. The summed E-state index contributed by atoms with van der Waals surface area (Å²) in [5.41, 5.74) is 0.761. The number of nitrogens with one attached hydrogen (secondary N) is 1. The fraction of sp³-hybridized carbons (Fsp3) is 0.333. The van der Waals surface area contributed by atoms with Crippen LogP contribution in [0.5, 0.6) is 11.8 Å². The van der Waals surface area contributed by atoms with Crippen molar-refractivity contribution in [3.05, 3.63) is 40.2 Å². The van der Waals surface area contributed by atoms with Crippen LogP contribution in [0, 0.1) is 23.2 Å². The third-order valence-corrected chi connectivity index (χ3v) is 4.95. The van der Waals surface area contributed by atoms with Crippen molar-refractivity contribution in [2.75, 3.05) is 31.1 Å². The van der Waals surface area contributed by atoms with Crippen LogP contribution in [0.1, 0.15) is 12.5 Å². The molecule has 1 saturated heterocycles. The van der Waals surface area contributed by atoms with Crippen LogP contribution in [0.25, 0.3) is 11.2 Å². The Morgan fingerprint density at radius 3 is 2.73 bits per heavy atom. The maximum absolute atomic E-state index is 13.2. The van der Waals surface area contributed by atoms with Gasteiger partial charge in [-0.1, -0.05) is 18.1 Å². The average Bonchev–Trinajstić information content (AvgIpc) is 3.15. The van der Waals surface area contributed by atoms with Gasteiger partial charge in [0.15, 0.2) is 11.2 Å². The van der Waals surface area contributed by atoms with Gasteiger partial charge in [0.25, 0.3) is 5.56 Å². The Morgan fingerprint density at radius 1 is 1.23 bits per heavy atom. The molecule has 9 heteroatoms. The number of nitriles is 1. The second kappa shape index (κ2) is 8.27. The van der Waals surface area contributed by atoms with Crippen molar-refractivity contribution in [3.8, 4) is 29.7 Å². The molecule has 1 N–H and O–H groups in total. The lowest BCUT2D eigenvalue weighted by Crippen LogP contribution is -2.44. The first-order chi connectivity index (χ1) is 14.6. The minimum Gasteiger partial charge on any atom is -0.424 e. The lowest BCUT2D eigenvalue weighted by molar-refractivity contribution is 0.414. The largest absolute Gasteiger partial charge is 0.424 e. The van der Waals surface area contributed by atoms with Crippen molar-refractivity contribution in [1.29, 1.82) is 5.26 Å². The van der Waals surface area contributed by atoms with Crippen LogP contribution in [0.3, 0.4) is 0 Å². The maximum Gasteiger partial charge on any atom is 0.306 e. The van der Waals surface area contributed by atoms with Gasteiger partial charge in [0.2, 0.25) is 5.95 Å². The Kier molecular flexibility index (Phi) is 5.38. The van der Waals surface area contributed by atoms with Crippen LogP contribution < -0.4 is 20.5 Å². The average molecular weight is 403 g/mol. The number of fused-ring (bicyclic) bond motifs is 1. The molecule has 1 aromatic carbocycles. The molecule has 0 aliphatic carbocycles. The Bertz CT molecular complexity index is 1250. The number of aromatic nitrogens is 4. The second-order valence-electron chi connectivity index (χ2n) is 6.80. The zero-order valence-electron chi connectivity index (χ0n) is 16.8. The number of ether oxygens (including phenoxy) is 1. The Morgan fingerprint density at radius 2 is 2.00 bits per heavy atom. The summed E-state index contributed by atoms with van der Waals surface area (Å²) in [6, 6.07) is 8.97. The first-order valence-corrected chi connectivity index (χ1v) is 9.63. The van der Waals surface area contributed by atoms with E-state index in [9.17, 15) is 10.1 Å². The molecule has 0 saturated carbocycles. The van der Waals surface area contributed by atoms with E-state index < -0.39 is 0 Å². The van der Waals surface area contributed by atoms with Crippen molar-refractivity contribution >= 4 is 17.1 Å². The third kappa shape index (κ3) is 3.47. The highest BCUT2D eigenvalue weighted by Gasteiger charge is 2.23. The molecule has 1 aliphatic heterocycles. The van der Waals surface area contributed by atoms with E-state index >= 15 is 0 Å². The molecule has 9 nitrogen and oxygen atoms in total. The predicted molar refractivity (Wildman–Crippen MR) is 113 cm³/mol. The van der Waals surface area contributed by atoms with E-state index in [1.165, 1.54) is 4.57 Å². The molecule has 30 heavy (non-hydrogen) atoms. The molecule has 2 aromatic heterocycles. The van der Waals surface area contributed by atoms with Crippen molar-refractivity contribution in [1.82, 2.24) is 24.4 Å². The molecule has 1 aliphatic rings. The molecule has 0 radical (unpaired) electrons. The minimum atomic E-state index is -0.281. The number of para-hydroxylation sites is 1. The van der Waals surface area contributed by atoms with Crippen LogP contribution in [0.15, 0.2) is 29.1 Å². The topological polar surface area (TPSA) is 101 Å². The quantitative estimate of drug-likeness (QED) is 0.654. The predicted octanol–water partition coefficient (Wildman–Crippen LogP) is 1.23. The van der Waals surface area contributed by atoms with Gasteiger partial charge >= 0.3 is 6.01 Å². The van der Waals surface area contributed by atoms with Gasteiger partial charge < -0.3 is 15.0 Å². The Hall–Kier alpha value is -3.82. The standard InChI is InChI=1S/C21H21N7O2/c1-3-4-11-28-17-18(24-20(28)27-12-9-23-10-13-27)25-21(26(2)19(17)29)30-16-8-6-5-7-15(16)14-22/h5-8,23H,9-13H2,1-2H3. The van der Waals surface area contributed by atoms with Gasteiger partial charge in [0, 0.05) is 33.2 Å². The summed E-state index contributed by atoms with van der Waals surface area (Å²) in [7, 11) is 1.59. The highest BCUT2D eigenvalue weighted by atomic mass is 16.5. The number of imidazole rings is 1. The summed E-state index contributed by atoms with van der Waals surface area (Å²) < 4.78 is 8.97. The normalized spacial score (nSPS) is 13.6. The first-order valence-electron chi connectivity index (χ1n) is 9.63. The summed E-state index contributed by atoms with van der Waals surface area (Å²) in [6.45, 7) is 5.35. The van der Waals surface area contributed by atoms with Gasteiger partial charge in [-0.3, -0.25) is 13.9 Å². The maximum atomic E-state index is 13.2. The Labute approximate surface area is 173 Å². The summed E-state index contributed by atoms with van der Waals surface area (Å²) >= 11 is 0. The first kappa shape index (κ1) is 19.5. The van der Waals surface area contributed by atoms with E-state index in [1.54, 1.807) is 38.2 Å². The smallest absolute Gasteiger partial charge is 0.306 e. The van der Waals surface area contributed by atoms with Gasteiger partial charge in [-0.2, -0.15) is 15.2 Å². The van der Waals surface area contributed by atoms with Crippen LogP contribution in [-0.4, -0.2) is 45.3 Å². The van der Waals surface area contributed by atoms with Crippen molar-refractivity contribution < 1.29 is 4.74 Å². The zero-order valence-corrected chi connectivity index (χ0v) is 16.8. The summed E-state index contributed by atoms with van der Waals surface area (Å²) in [4.78, 5) is 24.5. The van der Waals surface area contributed by atoms with Crippen LogP contribution in [-0.2, 0) is 13.6 Å². The summed E-state index contributed by atoms with van der Waals surface area (Å²) in [5, 5.41) is 12.6. The molecule has 3 aromatic rings. The van der Waals surface area contributed by atoms with E-state index in [0.29, 0.717) is 35.0 Å². The molecule has 4 rings (SSSR count). The number of hydrogen-bond acceptors (Lipinski definition) is 7. The number of piperazine rings is 1. The van der Waals surface area contributed by atoms with E-state index in [4.69, 9.17) is 4.74 Å². The fourth-order valence-corrected chi connectivity index (χ4v) is 3.38. The third-order valence-electron chi connectivity index (χ3n) is 4.95. The van der Waals surface area contributed by atoms with E-state index in [2.05, 4.69) is 38.1 Å².